The number of rotatable bonds is 9. The van der Waals surface area contributed by atoms with E-state index in [9.17, 15) is 23.6 Å². The van der Waals surface area contributed by atoms with Crippen molar-refractivity contribution in [2.45, 2.75) is 63.7 Å². The minimum Gasteiger partial charge on any atom is -0.349 e. The molecule has 10 heteroatoms. The summed E-state index contributed by atoms with van der Waals surface area (Å²) in [6, 6.07) is 22.4. The topological polar surface area (TPSA) is 102 Å². The summed E-state index contributed by atoms with van der Waals surface area (Å²) in [4.78, 5) is 58.2. The van der Waals surface area contributed by atoms with Crippen molar-refractivity contribution in [1.29, 1.82) is 0 Å². The molecule has 6 rings (SSSR count). The summed E-state index contributed by atoms with van der Waals surface area (Å²) in [7, 11) is 0. The average molecular weight is 626 g/mol. The molecule has 0 spiro atoms. The van der Waals surface area contributed by atoms with Crippen LogP contribution < -0.4 is 10.6 Å². The third-order valence-electron chi connectivity index (χ3n) is 9.38. The monoisotopic (exact) mass is 625 g/mol. The Labute approximate surface area is 268 Å². The van der Waals surface area contributed by atoms with Gasteiger partial charge in [-0.3, -0.25) is 24.2 Å². The number of carbonyl (C=O) groups is 4. The number of anilines is 1. The van der Waals surface area contributed by atoms with E-state index in [0.717, 1.165) is 45.3 Å². The molecular weight excluding hydrogens is 585 g/mol. The van der Waals surface area contributed by atoms with Crippen LogP contribution in [-0.4, -0.2) is 70.2 Å². The summed E-state index contributed by atoms with van der Waals surface area (Å²) < 4.78 is 14.1. The molecule has 3 aromatic carbocycles. The van der Waals surface area contributed by atoms with Crippen LogP contribution in [0.4, 0.5) is 14.9 Å². The van der Waals surface area contributed by atoms with Gasteiger partial charge in [0.15, 0.2) is 0 Å². The summed E-state index contributed by atoms with van der Waals surface area (Å²) in [5.74, 6) is -1.85. The highest BCUT2D eigenvalue weighted by molar-refractivity contribution is 6.01. The maximum Gasteiger partial charge on any atom is 0.327 e. The predicted molar refractivity (Wildman–Crippen MR) is 172 cm³/mol. The molecule has 2 heterocycles. The van der Waals surface area contributed by atoms with Crippen LogP contribution in [0.25, 0.3) is 0 Å². The Kier molecular flexibility index (Phi) is 9.73. The van der Waals surface area contributed by atoms with Gasteiger partial charge in [-0.05, 0) is 61.1 Å². The third-order valence-corrected chi connectivity index (χ3v) is 9.38. The number of hydrogen-bond donors (Lipinski definition) is 2. The lowest BCUT2D eigenvalue weighted by Crippen LogP contribution is -2.63. The second-order valence-corrected chi connectivity index (χ2v) is 12.5. The first-order valence-corrected chi connectivity index (χ1v) is 16.2. The summed E-state index contributed by atoms with van der Waals surface area (Å²) >= 11 is 0. The molecule has 46 heavy (non-hydrogen) atoms. The molecule has 0 aromatic heterocycles. The molecule has 0 bridgehead atoms. The normalized spacial score (nSPS) is 20.7. The zero-order valence-corrected chi connectivity index (χ0v) is 25.9. The first-order chi connectivity index (χ1) is 22.4. The number of fused-ring (bicyclic) bond motifs is 1. The number of imide groups is 1. The minimum absolute atomic E-state index is 0.0358. The largest absolute Gasteiger partial charge is 0.349 e. The molecule has 0 radical (unpaired) electrons. The zero-order chi connectivity index (χ0) is 32.0. The van der Waals surface area contributed by atoms with E-state index < -0.39 is 23.7 Å². The van der Waals surface area contributed by atoms with E-state index in [1.165, 1.54) is 33.6 Å². The van der Waals surface area contributed by atoms with Crippen LogP contribution in [0, 0.1) is 11.7 Å². The molecule has 240 valence electrons. The summed E-state index contributed by atoms with van der Waals surface area (Å²) in [5, 5.41) is 5.71. The molecule has 2 aliphatic heterocycles. The van der Waals surface area contributed by atoms with Crippen molar-refractivity contribution < 1.29 is 23.6 Å². The molecular formula is C36H40FN5O4. The molecule has 1 aliphatic carbocycles. The number of amides is 5. The third kappa shape index (κ3) is 7.28. The van der Waals surface area contributed by atoms with Gasteiger partial charge in [0, 0.05) is 37.3 Å². The minimum atomic E-state index is -0.561. The van der Waals surface area contributed by atoms with Gasteiger partial charge in [-0.25, -0.2) is 9.18 Å². The van der Waals surface area contributed by atoms with Crippen LogP contribution in [0.1, 0.15) is 60.0 Å². The number of hydrogen-bond acceptors (Lipinski definition) is 5. The van der Waals surface area contributed by atoms with Gasteiger partial charge in [0.2, 0.25) is 11.8 Å². The van der Waals surface area contributed by atoms with Crippen molar-refractivity contribution in [2.75, 3.05) is 25.0 Å². The number of halogens is 1. The fourth-order valence-electron chi connectivity index (χ4n) is 6.89. The van der Waals surface area contributed by atoms with Gasteiger partial charge >= 0.3 is 6.03 Å². The maximum atomic E-state index is 14.1. The number of likely N-dealkylation sites (tertiary alicyclic amines) is 1. The highest BCUT2D eigenvalue weighted by Gasteiger charge is 2.47. The lowest BCUT2D eigenvalue weighted by molar-refractivity contribution is -0.142. The van der Waals surface area contributed by atoms with Crippen LogP contribution >= 0.6 is 0 Å². The van der Waals surface area contributed by atoms with E-state index in [-0.39, 0.29) is 42.7 Å². The summed E-state index contributed by atoms with van der Waals surface area (Å²) in [6.07, 6.45) is 4.78. The van der Waals surface area contributed by atoms with E-state index in [1.807, 2.05) is 6.07 Å². The van der Waals surface area contributed by atoms with Crippen molar-refractivity contribution >= 4 is 29.4 Å². The Hall–Kier alpha value is -4.57. The average Bonchev–Trinajstić information content (AvgIpc) is 3.08. The van der Waals surface area contributed by atoms with Gasteiger partial charge in [0.05, 0.1) is 18.2 Å². The standard InChI is InChI=1S/C36H40FN5O4/c37-30-11-5-6-12-31(30)39-33(43)24-41-32-13-7-4-10-29(32)35(45)42(36(41)46)23-26-14-16-27(17-15-26)34(44)38-28-18-20-40(21-19-28)22-25-8-2-1-3-9-25/h1-3,5-6,8-9,11-12,14-17,28-29,32H,4,7,10,13,18-24H2,(H,38,44)(H,39,43). The Bertz CT molecular complexity index is 1560. The first-order valence-electron chi connectivity index (χ1n) is 16.2. The Morgan fingerprint density at radius 2 is 1.46 bits per heavy atom. The molecule has 3 aromatic rings. The van der Waals surface area contributed by atoms with Crippen LogP contribution in [0.2, 0.25) is 0 Å². The highest BCUT2D eigenvalue weighted by Crippen LogP contribution is 2.35. The molecule has 3 fully saturated rings. The van der Waals surface area contributed by atoms with Crippen LogP contribution in [0.15, 0.2) is 78.9 Å². The van der Waals surface area contributed by atoms with Crippen LogP contribution in [0.5, 0.6) is 0 Å². The SMILES string of the molecule is O=C(CN1C(=O)N(Cc2ccc(C(=O)NC3CCN(Cc4ccccc4)CC3)cc2)C(=O)C2CCCCC21)Nc1ccccc1F. The number of para-hydroxylation sites is 1. The van der Waals surface area contributed by atoms with E-state index in [0.29, 0.717) is 24.0 Å². The van der Waals surface area contributed by atoms with Crippen molar-refractivity contribution in [1.82, 2.24) is 20.0 Å². The Morgan fingerprint density at radius 1 is 0.783 bits per heavy atom. The molecule has 3 aliphatic rings. The van der Waals surface area contributed by atoms with Gasteiger partial charge in [0.25, 0.3) is 5.91 Å². The van der Waals surface area contributed by atoms with Crippen molar-refractivity contribution in [3.05, 3.63) is 101 Å². The van der Waals surface area contributed by atoms with E-state index in [2.05, 4.69) is 39.8 Å². The van der Waals surface area contributed by atoms with Gasteiger partial charge in [-0.15, -0.1) is 0 Å². The van der Waals surface area contributed by atoms with E-state index >= 15 is 0 Å². The van der Waals surface area contributed by atoms with Gasteiger partial charge < -0.3 is 15.5 Å². The van der Waals surface area contributed by atoms with E-state index in [4.69, 9.17) is 0 Å². The Balaban J connectivity index is 1.05. The summed E-state index contributed by atoms with van der Waals surface area (Å²) in [6.45, 7) is 2.50. The van der Waals surface area contributed by atoms with E-state index in [1.54, 1.807) is 30.3 Å². The second kappa shape index (κ2) is 14.2. The van der Waals surface area contributed by atoms with Crippen LogP contribution in [0.3, 0.4) is 0 Å². The van der Waals surface area contributed by atoms with Crippen molar-refractivity contribution in [3.8, 4) is 0 Å². The molecule has 2 atom stereocenters. The zero-order valence-electron chi connectivity index (χ0n) is 25.9. The number of nitrogens with zero attached hydrogens (tertiary/aromatic N) is 3. The number of nitrogens with one attached hydrogen (secondary N) is 2. The number of benzene rings is 3. The van der Waals surface area contributed by atoms with Crippen molar-refractivity contribution in [3.63, 3.8) is 0 Å². The molecule has 2 N–H and O–H groups in total. The lowest BCUT2D eigenvalue weighted by Gasteiger charge is -2.46. The highest BCUT2D eigenvalue weighted by atomic mass is 19.1. The molecule has 9 nitrogen and oxygen atoms in total. The number of carbonyl (C=O) groups excluding carboxylic acids is 4. The van der Waals surface area contributed by atoms with Crippen molar-refractivity contribution in [2.24, 2.45) is 5.92 Å². The van der Waals surface area contributed by atoms with Gasteiger partial charge in [-0.1, -0.05) is 67.4 Å². The molecule has 5 amide bonds. The molecule has 2 saturated heterocycles. The molecule has 2 unspecified atom stereocenters. The smallest absolute Gasteiger partial charge is 0.327 e. The lowest BCUT2D eigenvalue weighted by atomic mass is 9.81. The summed E-state index contributed by atoms with van der Waals surface area (Å²) in [5.41, 5.74) is 2.56. The quantitative estimate of drug-likeness (QED) is 0.341. The fourth-order valence-corrected chi connectivity index (χ4v) is 6.89. The Morgan fingerprint density at radius 3 is 2.20 bits per heavy atom. The predicted octanol–water partition coefficient (Wildman–Crippen LogP) is 5.18. The first kappa shape index (κ1) is 31.4. The number of piperidine rings is 1. The van der Waals surface area contributed by atoms with Crippen LogP contribution in [-0.2, 0) is 22.7 Å². The maximum absolute atomic E-state index is 14.1. The second-order valence-electron chi connectivity index (χ2n) is 12.5. The fraction of sp³-hybridized carbons (Fsp3) is 0.389. The van der Waals surface area contributed by atoms with Gasteiger partial charge in [0.1, 0.15) is 12.4 Å². The molecule has 1 saturated carbocycles. The van der Waals surface area contributed by atoms with Gasteiger partial charge in [-0.2, -0.15) is 0 Å². The number of urea groups is 1.